The molecule has 3 nitrogen and oxygen atoms in total. The Balaban J connectivity index is 1.89. The largest absolute Gasteiger partial charge is 0.445 e. The van der Waals surface area contributed by atoms with Crippen LogP contribution < -0.4 is 5.32 Å². The first-order chi connectivity index (χ1) is 10.3. The maximum absolute atomic E-state index is 11.9. The van der Waals surface area contributed by atoms with Crippen molar-refractivity contribution in [1.29, 1.82) is 0 Å². The minimum atomic E-state index is -0.374. The van der Waals surface area contributed by atoms with Gasteiger partial charge in [-0.05, 0) is 17.5 Å². The molecule has 0 aliphatic heterocycles. The molecule has 0 aliphatic rings. The van der Waals surface area contributed by atoms with Crippen LogP contribution in [0.4, 0.5) is 4.79 Å². The van der Waals surface area contributed by atoms with Crippen LogP contribution in [-0.2, 0) is 11.3 Å². The molecule has 0 fully saturated rings. The van der Waals surface area contributed by atoms with Gasteiger partial charge in [-0.15, -0.1) is 0 Å². The maximum atomic E-state index is 11.9. The highest BCUT2D eigenvalue weighted by molar-refractivity contribution is 5.67. The quantitative estimate of drug-likeness (QED) is 0.850. The average molecular weight is 283 g/mol. The predicted molar refractivity (Wildman–Crippen MR) is 83.9 cm³/mol. The van der Waals surface area contributed by atoms with Crippen LogP contribution in [0.3, 0.4) is 0 Å². The third-order valence-corrected chi connectivity index (χ3v) is 3.28. The van der Waals surface area contributed by atoms with E-state index in [1.54, 1.807) is 0 Å². The van der Waals surface area contributed by atoms with Gasteiger partial charge in [-0.2, -0.15) is 0 Å². The van der Waals surface area contributed by atoms with Crippen molar-refractivity contribution in [3.8, 4) is 0 Å². The van der Waals surface area contributed by atoms with Gasteiger partial charge < -0.3 is 10.1 Å². The number of carbonyl (C=O) groups is 1. The van der Waals surface area contributed by atoms with Gasteiger partial charge in [0.05, 0.1) is 6.04 Å². The van der Waals surface area contributed by atoms with Crippen LogP contribution in [0.2, 0.25) is 0 Å². The number of benzene rings is 2. The second-order valence-electron chi connectivity index (χ2n) is 4.96. The van der Waals surface area contributed by atoms with Gasteiger partial charge in [0, 0.05) is 0 Å². The molecule has 2 aromatic carbocycles. The molecule has 0 saturated heterocycles. The molecule has 0 saturated carbocycles. The van der Waals surface area contributed by atoms with Crippen LogP contribution in [0.5, 0.6) is 0 Å². The molecule has 1 atom stereocenters. The van der Waals surface area contributed by atoms with Crippen LogP contribution in [0.25, 0.3) is 0 Å². The van der Waals surface area contributed by atoms with Crippen molar-refractivity contribution in [2.45, 2.75) is 32.4 Å². The molecule has 0 heterocycles. The summed E-state index contributed by atoms with van der Waals surface area (Å²) in [6, 6.07) is 19.7. The van der Waals surface area contributed by atoms with Gasteiger partial charge in [0.15, 0.2) is 0 Å². The molecule has 0 spiro atoms. The lowest BCUT2D eigenvalue weighted by atomic mass is 10.0. The number of alkyl carbamates (subject to hydrolysis) is 1. The molecule has 3 heteroatoms. The van der Waals surface area contributed by atoms with Gasteiger partial charge in [-0.1, -0.05) is 74.0 Å². The molecule has 0 bridgehead atoms. The summed E-state index contributed by atoms with van der Waals surface area (Å²) in [5.41, 5.74) is 2.09. The molecule has 0 aromatic heterocycles. The number of nitrogens with one attached hydrogen (secondary N) is 1. The molecule has 1 N–H and O–H groups in total. The lowest BCUT2D eigenvalue weighted by molar-refractivity contribution is 0.135. The van der Waals surface area contributed by atoms with Gasteiger partial charge in [0.2, 0.25) is 0 Å². The zero-order valence-electron chi connectivity index (χ0n) is 12.3. The van der Waals surface area contributed by atoms with Gasteiger partial charge in [-0.3, -0.25) is 0 Å². The zero-order valence-corrected chi connectivity index (χ0v) is 12.3. The molecule has 2 rings (SSSR count). The first-order valence-electron chi connectivity index (χ1n) is 7.31. The summed E-state index contributed by atoms with van der Waals surface area (Å²) in [5, 5.41) is 2.94. The monoisotopic (exact) mass is 283 g/mol. The Morgan fingerprint density at radius 2 is 1.67 bits per heavy atom. The SMILES string of the molecule is CCCC(NC(=O)OCc1ccccc1)c1ccccc1. The molecule has 1 amide bonds. The van der Waals surface area contributed by atoms with E-state index in [0.717, 1.165) is 24.0 Å². The third-order valence-electron chi connectivity index (χ3n) is 3.28. The van der Waals surface area contributed by atoms with E-state index < -0.39 is 0 Å². The fraction of sp³-hybridized carbons (Fsp3) is 0.278. The first-order valence-corrected chi connectivity index (χ1v) is 7.31. The van der Waals surface area contributed by atoms with Crippen LogP contribution in [0, 0.1) is 0 Å². The number of ether oxygens (including phenoxy) is 1. The van der Waals surface area contributed by atoms with E-state index in [1.165, 1.54) is 0 Å². The summed E-state index contributed by atoms with van der Waals surface area (Å²) in [6.07, 6.45) is 1.52. The number of amides is 1. The van der Waals surface area contributed by atoms with E-state index in [0.29, 0.717) is 6.61 Å². The molecule has 21 heavy (non-hydrogen) atoms. The van der Waals surface area contributed by atoms with Gasteiger partial charge >= 0.3 is 6.09 Å². The fourth-order valence-electron chi connectivity index (χ4n) is 2.20. The standard InChI is InChI=1S/C18H21NO2/c1-2-9-17(16-12-7-4-8-13-16)19-18(20)21-14-15-10-5-3-6-11-15/h3-8,10-13,17H,2,9,14H2,1H3,(H,19,20). The number of hydrogen-bond acceptors (Lipinski definition) is 2. The van der Waals surface area contributed by atoms with Crippen molar-refractivity contribution in [2.75, 3.05) is 0 Å². The van der Waals surface area contributed by atoms with E-state index in [9.17, 15) is 4.79 Å². The van der Waals surface area contributed by atoms with Crippen molar-refractivity contribution in [3.63, 3.8) is 0 Å². The van der Waals surface area contributed by atoms with Crippen molar-refractivity contribution in [1.82, 2.24) is 5.32 Å². The summed E-state index contributed by atoms with van der Waals surface area (Å²) in [5.74, 6) is 0. The van der Waals surface area contributed by atoms with Crippen molar-refractivity contribution >= 4 is 6.09 Å². The maximum Gasteiger partial charge on any atom is 0.407 e. The zero-order chi connectivity index (χ0) is 14.9. The Morgan fingerprint density at radius 1 is 1.05 bits per heavy atom. The minimum absolute atomic E-state index is 0.000488. The Hall–Kier alpha value is -2.29. The van der Waals surface area contributed by atoms with Crippen LogP contribution >= 0.6 is 0 Å². The number of hydrogen-bond donors (Lipinski definition) is 1. The Kier molecular flexibility index (Phi) is 5.83. The predicted octanol–water partition coefficient (Wildman–Crippen LogP) is 4.45. The van der Waals surface area contributed by atoms with Crippen LogP contribution in [0.1, 0.15) is 36.9 Å². The Labute approximate surface area is 126 Å². The van der Waals surface area contributed by atoms with Crippen LogP contribution in [-0.4, -0.2) is 6.09 Å². The summed E-state index contributed by atoms with van der Waals surface area (Å²) in [4.78, 5) is 11.9. The topological polar surface area (TPSA) is 38.3 Å². The van der Waals surface area contributed by atoms with E-state index in [4.69, 9.17) is 4.74 Å². The molecule has 0 radical (unpaired) electrons. The molecular formula is C18H21NO2. The summed E-state index contributed by atoms with van der Waals surface area (Å²) < 4.78 is 5.28. The lowest BCUT2D eigenvalue weighted by Crippen LogP contribution is -2.29. The Bertz CT molecular complexity index is 540. The smallest absolute Gasteiger partial charge is 0.407 e. The van der Waals surface area contributed by atoms with Crippen molar-refractivity contribution in [3.05, 3.63) is 71.8 Å². The van der Waals surface area contributed by atoms with E-state index in [1.807, 2.05) is 60.7 Å². The van der Waals surface area contributed by atoms with Gasteiger partial charge in [0.1, 0.15) is 6.61 Å². The highest BCUT2D eigenvalue weighted by atomic mass is 16.5. The molecule has 1 unspecified atom stereocenters. The second-order valence-corrected chi connectivity index (χ2v) is 4.96. The van der Waals surface area contributed by atoms with Gasteiger partial charge in [-0.25, -0.2) is 4.79 Å². The van der Waals surface area contributed by atoms with Gasteiger partial charge in [0.25, 0.3) is 0 Å². The summed E-state index contributed by atoms with van der Waals surface area (Å²) >= 11 is 0. The van der Waals surface area contributed by atoms with Crippen molar-refractivity contribution < 1.29 is 9.53 Å². The molecule has 2 aromatic rings. The fourth-order valence-corrected chi connectivity index (χ4v) is 2.20. The Morgan fingerprint density at radius 3 is 2.29 bits per heavy atom. The van der Waals surface area contributed by atoms with E-state index >= 15 is 0 Å². The first kappa shape index (κ1) is 15.1. The van der Waals surface area contributed by atoms with Crippen molar-refractivity contribution in [2.24, 2.45) is 0 Å². The minimum Gasteiger partial charge on any atom is -0.445 e. The van der Waals surface area contributed by atoms with E-state index in [-0.39, 0.29) is 12.1 Å². The number of carbonyl (C=O) groups excluding carboxylic acids is 1. The summed E-state index contributed by atoms with van der Waals surface area (Å²) in [7, 11) is 0. The summed E-state index contributed by atoms with van der Waals surface area (Å²) in [6.45, 7) is 2.40. The highest BCUT2D eigenvalue weighted by Gasteiger charge is 2.14. The molecule has 0 aliphatic carbocycles. The highest BCUT2D eigenvalue weighted by Crippen LogP contribution is 2.18. The molecular weight excluding hydrogens is 262 g/mol. The normalized spacial score (nSPS) is 11.7. The average Bonchev–Trinajstić information content (AvgIpc) is 2.54. The number of rotatable bonds is 6. The van der Waals surface area contributed by atoms with Crippen LogP contribution in [0.15, 0.2) is 60.7 Å². The second kappa shape index (κ2) is 8.10. The van der Waals surface area contributed by atoms with E-state index in [2.05, 4.69) is 12.2 Å². The molecule has 110 valence electrons. The lowest BCUT2D eigenvalue weighted by Gasteiger charge is -2.18. The third kappa shape index (κ3) is 4.95.